The maximum Gasteiger partial charge on any atom is 0.118 e. The molecule has 0 bridgehead atoms. The highest BCUT2D eigenvalue weighted by Crippen LogP contribution is 2.22. The Kier molecular flexibility index (Phi) is 6.44. The van der Waals surface area contributed by atoms with Crippen LogP contribution in [0.2, 0.25) is 0 Å². The summed E-state index contributed by atoms with van der Waals surface area (Å²) in [5.74, 6) is 0.879. The first-order chi connectivity index (χ1) is 10.8. The molecule has 0 aromatic heterocycles. The van der Waals surface area contributed by atoms with Crippen LogP contribution in [-0.2, 0) is 13.2 Å². The van der Waals surface area contributed by atoms with E-state index in [1.807, 2.05) is 30.3 Å². The molecule has 1 atom stereocenters. The van der Waals surface area contributed by atoms with Crippen molar-refractivity contribution in [1.82, 2.24) is 5.32 Å². The Morgan fingerprint density at radius 1 is 1.05 bits per heavy atom. The highest BCUT2D eigenvalue weighted by molar-refractivity contribution is 5.30. The maximum atomic E-state index is 9.42. The lowest BCUT2D eigenvalue weighted by molar-refractivity contribution is 0.280. The summed E-state index contributed by atoms with van der Waals surface area (Å²) < 4.78 is 5.22. The van der Waals surface area contributed by atoms with Gasteiger partial charge >= 0.3 is 0 Å². The number of benzene rings is 2. The number of rotatable bonds is 8. The zero-order valence-corrected chi connectivity index (χ0v) is 13.4. The van der Waals surface area contributed by atoms with Gasteiger partial charge in [0.05, 0.1) is 13.7 Å². The van der Waals surface area contributed by atoms with Crippen LogP contribution in [0.25, 0.3) is 0 Å². The zero-order valence-electron chi connectivity index (χ0n) is 13.4. The van der Waals surface area contributed by atoms with Crippen LogP contribution >= 0.6 is 0 Å². The number of aliphatic hydroxyl groups is 1. The molecule has 0 radical (unpaired) electrons. The van der Waals surface area contributed by atoms with Crippen molar-refractivity contribution in [1.29, 1.82) is 0 Å². The first-order valence-electron chi connectivity index (χ1n) is 7.83. The molecule has 3 heteroatoms. The molecule has 2 aromatic carbocycles. The molecule has 0 amide bonds. The molecular weight excluding hydrogens is 274 g/mol. The average Bonchev–Trinajstić information content (AvgIpc) is 2.59. The van der Waals surface area contributed by atoms with E-state index in [-0.39, 0.29) is 6.61 Å². The lowest BCUT2D eigenvalue weighted by atomic mass is 10.0. The van der Waals surface area contributed by atoms with Crippen molar-refractivity contribution in [2.45, 2.75) is 39.0 Å². The third-order valence-electron chi connectivity index (χ3n) is 3.92. The van der Waals surface area contributed by atoms with Gasteiger partial charge in [0, 0.05) is 12.6 Å². The molecule has 0 aliphatic heterocycles. The number of hydrogen-bond acceptors (Lipinski definition) is 3. The van der Waals surface area contributed by atoms with Crippen molar-refractivity contribution < 1.29 is 9.84 Å². The van der Waals surface area contributed by atoms with Crippen LogP contribution in [0.3, 0.4) is 0 Å². The molecule has 0 aliphatic carbocycles. The lowest BCUT2D eigenvalue weighted by Crippen LogP contribution is -2.21. The minimum Gasteiger partial charge on any atom is -0.497 e. The molecule has 2 rings (SSSR count). The summed E-state index contributed by atoms with van der Waals surface area (Å²) in [5, 5.41) is 13.0. The Hall–Kier alpha value is -1.84. The second-order valence-corrected chi connectivity index (χ2v) is 5.42. The number of ether oxygens (including phenoxy) is 1. The molecule has 22 heavy (non-hydrogen) atoms. The van der Waals surface area contributed by atoms with Crippen LogP contribution in [0.5, 0.6) is 5.75 Å². The summed E-state index contributed by atoms with van der Waals surface area (Å²) in [6.45, 7) is 3.03. The largest absolute Gasteiger partial charge is 0.497 e. The predicted molar refractivity (Wildman–Crippen MR) is 89.8 cm³/mol. The Morgan fingerprint density at radius 3 is 2.32 bits per heavy atom. The van der Waals surface area contributed by atoms with E-state index >= 15 is 0 Å². The van der Waals surface area contributed by atoms with Crippen LogP contribution in [-0.4, -0.2) is 12.2 Å². The molecule has 1 unspecified atom stereocenters. The van der Waals surface area contributed by atoms with Crippen molar-refractivity contribution in [3.05, 3.63) is 65.2 Å². The summed E-state index contributed by atoms with van der Waals surface area (Å²) in [4.78, 5) is 0. The molecule has 0 saturated carbocycles. The molecule has 0 spiro atoms. The van der Waals surface area contributed by atoms with E-state index in [1.165, 1.54) is 5.56 Å². The predicted octanol–water partition coefficient (Wildman–Crippen LogP) is 3.82. The Balaban J connectivity index is 2.07. The third kappa shape index (κ3) is 4.33. The third-order valence-corrected chi connectivity index (χ3v) is 3.92. The van der Waals surface area contributed by atoms with Gasteiger partial charge in [0.25, 0.3) is 0 Å². The highest BCUT2D eigenvalue weighted by atomic mass is 16.5. The van der Waals surface area contributed by atoms with E-state index < -0.39 is 0 Å². The van der Waals surface area contributed by atoms with Crippen molar-refractivity contribution >= 4 is 0 Å². The van der Waals surface area contributed by atoms with Crippen molar-refractivity contribution in [3.63, 3.8) is 0 Å². The van der Waals surface area contributed by atoms with Gasteiger partial charge in [-0.1, -0.05) is 49.7 Å². The van der Waals surface area contributed by atoms with Gasteiger partial charge in [-0.15, -0.1) is 0 Å². The van der Waals surface area contributed by atoms with Crippen LogP contribution in [0.15, 0.2) is 48.5 Å². The SMILES string of the molecule is CCCC(NCc1ccccc1CO)c1ccc(OC)cc1. The number of hydrogen-bond donors (Lipinski definition) is 2. The standard InChI is InChI=1S/C19H25NO2/c1-3-6-19(15-9-11-18(22-2)12-10-15)20-13-16-7-4-5-8-17(16)14-21/h4-5,7-12,19-21H,3,6,13-14H2,1-2H3. The summed E-state index contributed by atoms with van der Waals surface area (Å²) in [7, 11) is 1.68. The molecule has 118 valence electrons. The van der Waals surface area contributed by atoms with E-state index in [0.717, 1.165) is 36.3 Å². The summed E-state index contributed by atoms with van der Waals surface area (Å²) in [6.07, 6.45) is 2.19. The van der Waals surface area contributed by atoms with Gasteiger partial charge in [-0.25, -0.2) is 0 Å². The summed E-state index contributed by atoms with van der Waals surface area (Å²) in [6, 6.07) is 16.6. The number of nitrogens with one attached hydrogen (secondary N) is 1. The Morgan fingerprint density at radius 2 is 1.73 bits per heavy atom. The molecular formula is C19H25NO2. The number of aliphatic hydroxyl groups excluding tert-OH is 1. The topological polar surface area (TPSA) is 41.5 Å². The minimum absolute atomic E-state index is 0.0822. The first kappa shape index (κ1) is 16.5. The van der Waals surface area contributed by atoms with E-state index in [2.05, 4.69) is 30.4 Å². The molecule has 2 N–H and O–H groups in total. The summed E-state index contributed by atoms with van der Waals surface area (Å²) in [5.41, 5.74) is 3.41. The molecule has 2 aromatic rings. The molecule has 0 heterocycles. The molecule has 3 nitrogen and oxygen atoms in total. The Bertz CT molecular complexity index is 566. The fraction of sp³-hybridized carbons (Fsp3) is 0.368. The second-order valence-electron chi connectivity index (χ2n) is 5.42. The maximum absolute atomic E-state index is 9.42. The lowest BCUT2D eigenvalue weighted by Gasteiger charge is -2.20. The van der Waals surface area contributed by atoms with Gasteiger partial charge in [-0.2, -0.15) is 0 Å². The van der Waals surface area contributed by atoms with Gasteiger partial charge in [0.2, 0.25) is 0 Å². The second kappa shape index (κ2) is 8.57. The van der Waals surface area contributed by atoms with E-state index in [1.54, 1.807) is 7.11 Å². The number of methoxy groups -OCH3 is 1. The van der Waals surface area contributed by atoms with Gasteiger partial charge in [0.15, 0.2) is 0 Å². The normalized spacial score (nSPS) is 12.1. The first-order valence-corrected chi connectivity index (χ1v) is 7.83. The molecule has 0 fully saturated rings. The molecule has 0 aliphatic rings. The van der Waals surface area contributed by atoms with E-state index in [0.29, 0.717) is 6.04 Å². The smallest absolute Gasteiger partial charge is 0.118 e. The monoisotopic (exact) mass is 299 g/mol. The molecule has 0 saturated heterocycles. The zero-order chi connectivity index (χ0) is 15.8. The average molecular weight is 299 g/mol. The van der Waals surface area contributed by atoms with Crippen LogP contribution in [0.1, 0.15) is 42.5 Å². The van der Waals surface area contributed by atoms with Crippen LogP contribution in [0.4, 0.5) is 0 Å². The van der Waals surface area contributed by atoms with Gasteiger partial charge in [-0.3, -0.25) is 0 Å². The summed E-state index contributed by atoms with van der Waals surface area (Å²) >= 11 is 0. The van der Waals surface area contributed by atoms with Crippen molar-refractivity contribution in [2.24, 2.45) is 0 Å². The quantitative estimate of drug-likeness (QED) is 0.778. The minimum atomic E-state index is 0.0822. The van der Waals surface area contributed by atoms with Crippen molar-refractivity contribution in [2.75, 3.05) is 7.11 Å². The van der Waals surface area contributed by atoms with Gasteiger partial charge in [-0.05, 0) is 35.2 Å². The fourth-order valence-electron chi connectivity index (χ4n) is 2.63. The van der Waals surface area contributed by atoms with Crippen molar-refractivity contribution in [3.8, 4) is 5.75 Å². The van der Waals surface area contributed by atoms with E-state index in [9.17, 15) is 5.11 Å². The highest BCUT2D eigenvalue weighted by Gasteiger charge is 2.11. The van der Waals surface area contributed by atoms with E-state index in [4.69, 9.17) is 4.74 Å². The Labute approximate surface area is 133 Å². The van der Waals surface area contributed by atoms with Gasteiger partial charge in [0.1, 0.15) is 5.75 Å². The fourth-order valence-corrected chi connectivity index (χ4v) is 2.63. The van der Waals surface area contributed by atoms with Crippen LogP contribution in [0, 0.1) is 0 Å². The van der Waals surface area contributed by atoms with Crippen LogP contribution < -0.4 is 10.1 Å². The van der Waals surface area contributed by atoms with Gasteiger partial charge < -0.3 is 15.2 Å².